The van der Waals surface area contributed by atoms with Crippen molar-refractivity contribution in [1.29, 1.82) is 5.26 Å². The van der Waals surface area contributed by atoms with Crippen molar-refractivity contribution in [1.82, 2.24) is 9.97 Å². The molecular formula is C13H13N3. The van der Waals surface area contributed by atoms with Gasteiger partial charge in [-0.05, 0) is 24.1 Å². The van der Waals surface area contributed by atoms with Gasteiger partial charge in [-0.25, -0.2) is 4.98 Å². The van der Waals surface area contributed by atoms with Crippen LogP contribution in [-0.2, 0) is 0 Å². The van der Waals surface area contributed by atoms with Crippen LogP contribution in [-0.4, -0.2) is 9.97 Å². The fourth-order valence-corrected chi connectivity index (χ4v) is 1.91. The van der Waals surface area contributed by atoms with Crippen molar-refractivity contribution in [3.05, 3.63) is 53.1 Å². The van der Waals surface area contributed by atoms with Crippen LogP contribution in [0.5, 0.6) is 0 Å². The van der Waals surface area contributed by atoms with Gasteiger partial charge in [0.2, 0.25) is 0 Å². The van der Waals surface area contributed by atoms with Crippen LogP contribution in [0.3, 0.4) is 0 Å². The van der Waals surface area contributed by atoms with Gasteiger partial charge in [-0.3, -0.25) is 0 Å². The van der Waals surface area contributed by atoms with Crippen molar-refractivity contribution < 1.29 is 0 Å². The number of H-pyrrole nitrogens is 1. The highest BCUT2D eigenvalue weighted by atomic mass is 14.9. The van der Waals surface area contributed by atoms with Crippen LogP contribution in [0.1, 0.15) is 35.4 Å². The minimum atomic E-state index is 0.184. The predicted octanol–water partition coefficient (Wildman–Crippen LogP) is 2.74. The lowest BCUT2D eigenvalue weighted by Gasteiger charge is -2.13. The van der Waals surface area contributed by atoms with Gasteiger partial charge in [0.25, 0.3) is 0 Å². The number of nitrogens with zero attached hydrogens (tertiary/aromatic N) is 2. The number of benzene rings is 1. The number of hydrogen-bond donors (Lipinski definition) is 1. The fraction of sp³-hybridized carbons (Fsp3) is 0.231. The van der Waals surface area contributed by atoms with E-state index < -0.39 is 0 Å². The molecule has 2 rings (SSSR count). The molecule has 1 N–H and O–H groups in total. The van der Waals surface area contributed by atoms with E-state index in [1.807, 2.05) is 31.3 Å². The first-order valence-corrected chi connectivity index (χ1v) is 5.23. The highest BCUT2D eigenvalue weighted by molar-refractivity contribution is 5.44. The van der Waals surface area contributed by atoms with Crippen LogP contribution in [0.25, 0.3) is 0 Å². The molecule has 2 aromatic rings. The third-order valence-corrected chi connectivity index (χ3v) is 2.89. The summed E-state index contributed by atoms with van der Waals surface area (Å²) in [5.74, 6) is 1.11. The maximum absolute atomic E-state index is 8.98. The van der Waals surface area contributed by atoms with Gasteiger partial charge in [-0.15, -0.1) is 0 Å². The number of nitrogens with one attached hydrogen (secondary N) is 1. The Morgan fingerprint density at radius 3 is 2.88 bits per heavy atom. The molecule has 1 atom stereocenters. The van der Waals surface area contributed by atoms with Gasteiger partial charge in [0, 0.05) is 18.3 Å². The molecule has 1 heterocycles. The van der Waals surface area contributed by atoms with Gasteiger partial charge in [0.05, 0.1) is 11.6 Å². The Labute approximate surface area is 94.8 Å². The number of aromatic nitrogens is 2. The Hall–Kier alpha value is -2.08. The van der Waals surface area contributed by atoms with E-state index in [0.717, 1.165) is 22.5 Å². The van der Waals surface area contributed by atoms with E-state index in [-0.39, 0.29) is 5.92 Å². The molecule has 80 valence electrons. The first kappa shape index (κ1) is 10.4. The second kappa shape index (κ2) is 4.19. The highest BCUT2D eigenvalue weighted by Gasteiger charge is 2.14. The van der Waals surface area contributed by atoms with E-state index in [0.29, 0.717) is 0 Å². The smallest absolute Gasteiger partial charge is 0.113 e. The van der Waals surface area contributed by atoms with Crippen LogP contribution in [0.15, 0.2) is 30.6 Å². The minimum absolute atomic E-state index is 0.184. The average Bonchev–Trinajstić information content (AvgIpc) is 2.82. The standard InChI is InChI=1S/C13H13N3/c1-9-11(8-14)4-3-5-12(9)10(2)13-15-6-7-16-13/h3-7,10H,1-2H3,(H,15,16). The zero-order valence-electron chi connectivity index (χ0n) is 9.36. The summed E-state index contributed by atoms with van der Waals surface area (Å²) in [6.07, 6.45) is 3.56. The summed E-state index contributed by atoms with van der Waals surface area (Å²) in [6, 6.07) is 8.01. The lowest BCUT2D eigenvalue weighted by Crippen LogP contribution is -2.02. The van der Waals surface area contributed by atoms with Gasteiger partial charge in [0.15, 0.2) is 0 Å². The second-order valence-corrected chi connectivity index (χ2v) is 3.83. The molecule has 0 saturated heterocycles. The molecular weight excluding hydrogens is 198 g/mol. The molecule has 0 bridgehead atoms. The largest absolute Gasteiger partial charge is 0.348 e. The van der Waals surface area contributed by atoms with Crippen molar-refractivity contribution in [3.8, 4) is 6.07 Å². The SMILES string of the molecule is Cc1c(C#N)cccc1C(C)c1ncc[nH]1. The molecule has 0 aliphatic rings. The lowest BCUT2D eigenvalue weighted by atomic mass is 9.93. The van der Waals surface area contributed by atoms with Crippen LogP contribution in [0.2, 0.25) is 0 Å². The molecule has 0 radical (unpaired) electrons. The topological polar surface area (TPSA) is 52.5 Å². The molecule has 3 nitrogen and oxygen atoms in total. The third kappa shape index (κ3) is 1.70. The van der Waals surface area contributed by atoms with Gasteiger partial charge in [0.1, 0.15) is 5.82 Å². The van der Waals surface area contributed by atoms with E-state index in [1.165, 1.54) is 0 Å². The van der Waals surface area contributed by atoms with E-state index in [1.54, 1.807) is 6.20 Å². The first-order valence-electron chi connectivity index (χ1n) is 5.23. The van der Waals surface area contributed by atoms with Crippen LogP contribution in [0, 0.1) is 18.3 Å². The summed E-state index contributed by atoms with van der Waals surface area (Å²) < 4.78 is 0. The van der Waals surface area contributed by atoms with Crippen molar-refractivity contribution in [2.24, 2.45) is 0 Å². The van der Waals surface area contributed by atoms with Crippen molar-refractivity contribution >= 4 is 0 Å². The maximum Gasteiger partial charge on any atom is 0.113 e. The molecule has 3 heteroatoms. The summed E-state index contributed by atoms with van der Waals surface area (Å²) in [5.41, 5.74) is 2.92. The molecule has 0 fully saturated rings. The van der Waals surface area contributed by atoms with Gasteiger partial charge in [-0.1, -0.05) is 19.1 Å². The van der Waals surface area contributed by atoms with Gasteiger partial charge in [-0.2, -0.15) is 5.26 Å². The van der Waals surface area contributed by atoms with E-state index in [4.69, 9.17) is 5.26 Å². The summed E-state index contributed by atoms with van der Waals surface area (Å²) >= 11 is 0. The third-order valence-electron chi connectivity index (χ3n) is 2.89. The van der Waals surface area contributed by atoms with Crippen molar-refractivity contribution in [2.45, 2.75) is 19.8 Å². The lowest BCUT2D eigenvalue weighted by molar-refractivity contribution is 0.831. The first-order chi connectivity index (χ1) is 7.74. The van der Waals surface area contributed by atoms with Gasteiger partial charge < -0.3 is 4.98 Å². The number of hydrogen-bond acceptors (Lipinski definition) is 2. The molecule has 0 saturated carbocycles. The zero-order valence-corrected chi connectivity index (χ0v) is 9.36. The zero-order chi connectivity index (χ0) is 11.5. The van der Waals surface area contributed by atoms with Crippen molar-refractivity contribution in [2.75, 3.05) is 0 Å². The molecule has 16 heavy (non-hydrogen) atoms. The summed E-state index contributed by atoms with van der Waals surface area (Å²) in [5, 5.41) is 8.98. The number of aromatic amines is 1. The van der Waals surface area contributed by atoms with E-state index in [9.17, 15) is 0 Å². The Morgan fingerprint density at radius 2 is 2.25 bits per heavy atom. The van der Waals surface area contributed by atoms with Crippen LogP contribution < -0.4 is 0 Å². The summed E-state index contributed by atoms with van der Waals surface area (Å²) in [7, 11) is 0. The molecule has 0 aliphatic heterocycles. The molecule has 1 unspecified atom stereocenters. The highest BCUT2D eigenvalue weighted by Crippen LogP contribution is 2.25. The normalized spacial score (nSPS) is 12.1. The minimum Gasteiger partial charge on any atom is -0.348 e. The Kier molecular flexibility index (Phi) is 2.74. The van der Waals surface area contributed by atoms with Crippen molar-refractivity contribution in [3.63, 3.8) is 0 Å². The molecule has 1 aromatic heterocycles. The van der Waals surface area contributed by atoms with Gasteiger partial charge >= 0.3 is 0 Å². The molecule has 0 amide bonds. The van der Waals surface area contributed by atoms with E-state index >= 15 is 0 Å². The summed E-state index contributed by atoms with van der Waals surface area (Å²) in [4.78, 5) is 7.36. The van der Waals surface area contributed by atoms with E-state index in [2.05, 4.69) is 23.0 Å². The fourth-order valence-electron chi connectivity index (χ4n) is 1.91. The Morgan fingerprint density at radius 1 is 1.44 bits per heavy atom. The number of nitriles is 1. The average molecular weight is 211 g/mol. The number of rotatable bonds is 2. The van der Waals surface area contributed by atoms with Crippen LogP contribution >= 0.6 is 0 Å². The maximum atomic E-state index is 8.98. The Bertz CT molecular complexity index is 521. The molecule has 1 aromatic carbocycles. The second-order valence-electron chi connectivity index (χ2n) is 3.83. The quantitative estimate of drug-likeness (QED) is 0.830. The molecule has 0 spiro atoms. The predicted molar refractivity (Wildman–Crippen MR) is 62.0 cm³/mol. The summed E-state index contributed by atoms with van der Waals surface area (Å²) in [6.45, 7) is 4.07. The molecule has 0 aliphatic carbocycles. The number of imidazole rings is 1. The Balaban J connectivity index is 2.46. The monoisotopic (exact) mass is 211 g/mol. The van der Waals surface area contributed by atoms with Crippen LogP contribution in [0.4, 0.5) is 0 Å².